The molecule has 0 aliphatic heterocycles. The van der Waals surface area contributed by atoms with E-state index in [-0.39, 0.29) is 0 Å². The lowest BCUT2D eigenvalue weighted by atomic mass is 10.2. The van der Waals surface area contributed by atoms with Crippen LogP contribution in [0.25, 0.3) is 6.08 Å². The quantitative estimate of drug-likeness (QED) is 0.789. The van der Waals surface area contributed by atoms with Crippen molar-refractivity contribution >= 4 is 6.08 Å². The van der Waals surface area contributed by atoms with Gasteiger partial charge in [0.2, 0.25) is 0 Å². The van der Waals surface area contributed by atoms with Crippen molar-refractivity contribution in [2.24, 2.45) is 5.73 Å². The van der Waals surface area contributed by atoms with E-state index in [1.807, 2.05) is 67.6 Å². The van der Waals surface area contributed by atoms with Crippen LogP contribution in [0, 0.1) is 0 Å². The van der Waals surface area contributed by atoms with Gasteiger partial charge in [-0.2, -0.15) is 0 Å². The molecule has 3 heteroatoms. The van der Waals surface area contributed by atoms with Crippen LogP contribution in [0.15, 0.2) is 54.6 Å². The third-order valence-corrected chi connectivity index (χ3v) is 3.06. The Morgan fingerprint density at radius 3 is 2.24 bits per heavy atom. The molecule has 3 nitrogen and oxygen atoms in total. The molecule has 0 aliphatic carbocycles. The Labute approximate surface area is 126 Å². The van der Waals surface area contributed by atoms with Gasteiger partial charge in [-0.1, -0.05) is 48.6 Å². The maximum absolute atomic E-state index is 5.78. The van der Waals surface area contributed by atoms with Gasteiger partial charge in [0.25, 0.3) is 0 Å². The van der Waals surface area contributed by atoms with Gasteiger partial charge in [0.15, 0.2) is 0 Å². The molecule has 0 aromatic heterocycles. The maximum atomic E-state index is 5.78. The minimum Gasteiger partial charge on any atom is -0.490 e. The van der Waals surface area contributed by atoms with Gasteiger partial charge in [-0.3, -0.25) is 0 Å². The van der Waals surface area contributed by atoms with E-state index in [9.17, 15) is 0 Å². The first-order valence-corrected chi connectivity index (χ1v) is 7.10. The van der Waals surface area contributed by atoms with Crippen LogP contribution in [-0.2, 0) is 6.54 Å². The van der Waals surface area contributed by atoms with E-state index < -0.39 is 0 Å². The summed E-state index contributed by atoms with van der Waals surface area (Å²) in [4.78, 5) is 0. The molecule has 0 unspecified atom stereocenters. The van der Waals surface area contributed by atoms with Gasteiger partial charge in [0.05, 0.1) is 0 Å². The molecule has 0 saturated heterocycles. The predicted molar refractivity (Wildman–Crippen MR) is 86.5 cm³/mol. The molecule has 0 aliphatic rings. The molecule has 0 bridgehead atoms. The number of benzene rings is 2. The number of rotatable bonds is 7. The zero-order valence-corrected chi connectivity index (χ0v) is 12.3. The topological polar surface area (TPSA) is 44.5 Å². The van der Waals surface area contributed by atoms with Crippen molar-refractivity contribution < 1.29 is 9.47 Å². The Morgan fingerprint density at radius 2 is 1.52 bits per heavy atom. The van der Waals surface area contributed by atoms with Crippen molar-refractivity contribution in [3.63, 3.8) is 0 Å². The lowest BCUT2D eigenvalue weighted by Crippen LogP contribution is -2.11. The molecule has 110 valence electrons. The summed E-state index contributed by atoms with van der Waals surface area (Å²) in [6.45, 7) is 3.44. The Hall–Kier alpha value is -2.26. The fourth-order valence-corrected chi connectivity index (χ4v) is 2.05. The first-order chi connectivity index (χ1) is 10.3. The van der Waals surface area contributed by atoms with Crippen molar-refractivity contribution in [2.75, 3.05) is 13.2 Å². The van der Waals surface area contributed by atoms with Crippen molar-refractivity contribution in [2.45, 2.75) is 13.5 Å². The molecule has 2 rings (SSSR count). The Balaban J connectivity index is 1.88. The molecule has 0 fully saturated rings. The smallest absolute Gasteiger partial charge is 0.126 e. The van der Waals surface area contributed by atoms with Crippen LogP contribution in [-0.4, -0.2) is 13.2 Å². The molecule has 0 amide bonds. The third kappa shape index (κ3) is 4.36. The second-order valence-electron chi connectivity index (χ2n) is 4.55. The molecule has 0 heterocycles. The SMILES string of the molecule is CC=Cc1ccccc1OCCOc1ccccc1CN. The van der Waals surface area contributed by atoms with Crippen molar-refractivity contribution in [1.82, 2.24) is 0 Å². The molecule has 21 heavy (non-hydrogen) atoms. The molecule has 2 aromatic carbocycles. The zero-order valence-electron chi connectivity index (χ0n) is 12.3. The molecule has 0 radical (unpaired) electrons. The fourth-order valence-electron chi connectivity index (χ4n) is 2.05. The van der Waals surface area contributed by atoms with E-state index >= 15 is 0 Å². The fraction of sp³-hybridized carbons (Fsp3) is 0.222. The zero-order chi connectivity index (χ0) is 14.9. The third-order valence-electron chi connectivity index (χ3n) is 3.06. The summed E-state index contributed by atoms with van der Waals surface area (Å²) in [5.74, 6) is 1.69. The summed E-state index contributed by atoms with van der Waals surface area (Å²) in [6.07, 6.45) is 4.02. The average Bonchev–Trinajstić information content (AvgIpc) is 2.53. The molecule has 0 atom stereocenters. The van der Waals surface area contributed by atoms with Gasteiger partial charge < -0.3 is 15.2 Å². The minimum absolute atomic E-state index is 0.473. The van der Waals surface area contributed by atoms with E-state index in [0.29, 0.717) is 19.8 Å². The van der Waals surface area contributed by atoms with E-state index in [0.717, 1.165) is 22.6 Å². The lowest BCUT2D eigenvalue weighted by Gasteiger charge is -2.12. The van der Waals surface area contributed by atoms with Crippen molar-refractivity contribution in [3.8, 4) is 11.5 Å². The van der Waals surface area contributed by atoms with Crippen LogP contribution in [0.2, 0.25) is 0 Å². The Bertz CT molecular complexity index is 593. The second kappa shape index (κ2) is 8.12. The number of hydrogen-bond acceptors (Lipinski definition) is 3. The number of nitrogens with two attached hydrogens (primary N) is 1. The molecule has 0 spiro atoms. The number of allylic oxidation sites excluding steroid dienone is 1. The maximum Gasteiger partial charge on any atom is 0.126 e. The van der Waals surface area contributed by atoms with Crippen LogP contribution in [0.5, 0.6) is 11.5 Å². The first-order valence-electron chi connectivity index (χ1n) is 7.10. The van der Waals surface area contributed by atoms with Gasteiger partial charge >= 0.3 is 0 Å². The van der Waals surface area contributed by atoms with Gasteiger partial charge in [-0.25, -0.2) is 0 Å². The summed E-state index contributed by atoms with van der Waals surface area (Å²) in [5, 5.41) is 0. The summed E-state index contributed by atoms with van der Waals surface area (Å²) in [6, 6.07) is 15.7. The normalized spacial score (nSPS) is 10.8. The predicted octanol–water partition coefficient (Wildman–Crippen LogP) is 3.64. The monoisotopic (exact) mass is 283 g/mol. The van der Waals surface area contributed by atoms with Gasteiger partial charge in [-0.05, 0) is 19.1 Å². The largest absolute Gasteiger partial charge is 0.490 e. The van der Waals surface area contributed by atoms with Gasteiger partial charge in [-0.15, -0.1) is 0 Å². The summed E-state index contributed by atoms with van der Waals surface area (Å²) in [5.41, 5.74) is 7.76. The van der Waals surface area contributed by atoms with Crippen LogP contribution >= 0.6 is 0 Å². The highest BCUT2D eigenvalue weighted by Crippen LogP contribution is 2.20. The minimum atomic E-state index is 0.473. The molecule has 2 N–H and O–H groups in total. The second-order valence-corrected chi connectivity index (χ2v) is 4.55. The van der Waals surface area contributed by atoms with Crippen LogP contribution < -0.4 is 15.2 Å². The number of ether oxygens (including phenoxy) is 2. The van der Waals surface area contributed by atoms with Crippen LogP contribution in [0.3, 0.4) is 0 Å². The molecular weight excluding hydrogens is 262 g/mol. The van der Waals surface area contributed by atoms with Crippen LogP contribution in [0.1, 0.15) is 18.1 Å². The molecule has 2 aromatic rings. The highest BCUT2D eigenvalue weighted by atomic mass is 16.5. The van der Waals surface area contributed by atoms with Crippen LogP contribution in [0.4, 0.5) is 0 Å². The van der Waals surface area contributed by atoms with Crippen molar-refractivity contribution in [1.29, 1.82) is 0 Å². The Morgan fingerprint density at radius 1 is 0.905 bits per heavy atom. The standard InChI is InChI=1S/C18H21NO2/c1-2-7-15-8-3-5-10-17(15)20-12-13-21-18-11-6-4-9-16(18)14-19/h2-11H,12-14,19H2,1H3. The summed E-state index contributed by atoms with van der Waals surface area (Å²) < 4.78 is 11.5. The van der Waals surface area contributed by atoms with E-state index in [4.69, 9.17) is 15.2 Å². The summed E-state index contributed by atoms with van der Waals surface area (Å²) >= 11 is 0. The van der Waals surface area contributed by atoms with Gasteiger partial charge in [0.1, 0.15) is 24.7 Å². The number of hydrogen-bond donors (Lipinski definition) is 1. The molecular formula is C18H21NO2. The summed E-state index contributed by atoms with van der Waals surface area (Å²) in [7, 11) is 0. The van der Waals surface area contributed by atoms with E-state index in [1.54, 1.807) is 0 Å². The lowest BCUT2D eigenvalue weighted by molar-refractivity contribution is 0.215. The van der Waals surface area contributed by atoms with Crippen molar-refractivity contribution in [3.05, 3.63) is 65.7 Å². The Kier molecular flexibility index (Phi) is 5.85. The first kappa shape index (κ1) is 15.1. The highest BCUT2D eigenvalue weighted by molar-refractivity contribution is 5.56. The average molecular weight is 283 g/mol. The highest BCUT2D eigenvalue weighted by Gasteiger charge is 2.02. The number of para-hydroxylation sites is 2. The molecule has 0 saturated carbocycles. The van der Waals surface area contributed by atoms with E-state index in [1.165, 1.54) is 0 Å². The van der Waals surface area contributed by atoms with Gasteiger partial charge in [0, 0.05) is 17.7 Å². The van der Waals surface area contributed by atoms with E-state index in [2.05, 4.69) is 0 Å².